The van der Waals surface area contributed by atoms with Crippen LogP contribution in [0.3, 0.4) is 0 Å². The van der Waals surface area contributed by atoms with Gasteiger partial charge in [-0.1, -0.05) is 0 Å². The van der Waals surface area contributed by atoms with Crippen LogP contribution < -0.4 is 102 Å². The van der Waals surface area contributed by atoms with E-state index in [4.69, 9.17) is 31.2 Å². The Hall–Kier alpha value is -0.680. The van der Waals surface area contributed by atoms with Gasteiger partial charge in [-0.3, -0.25) is 23.6 Å². The number of nitrogens with two attached hydrogens (primary N) is 1. The van der Waals surface area contributed by atoms with Gasteiger partial charge in [-0.15, -0.1) is 24.5 Å². The number of nitrogens with zero attached hydrogens (tertiary/aromatic N) is 7. The topological polar surface area (TPSA) is 240 Å². The number of rotatable bonds is 16. The number of aromatic nitrogens is 3. The molecule has 1 aromatic heterocycles. The average Bonchev–Trinajstić information content (AvgIpc) is 3.07. The molecule has 268 valence electrons. The van der Waals surface area contributed by atoms with E-state index in [1.807, 2.05) is 0 Å². The number of hydrogen-bond acceptors (Lipinski definition) is 20. The molecule has 3 aliphatic heterocycles. The number of hydrogen-bond donors (Lipinski definition) is 2. The summed E-state index contributed by atoms with van der Waals surface area (Å²) in [6, 6.07) is 5.80. The minimum absolute atomic E-state index is 0. The number of halogens is 2. The van der Waals surface area contributed by atoms with Gasteiger partial charge in [0.2, 0.25) is 11.2 Å². The number of methoxy groups -OCH3 is 1. The predicted octanol–water partition coefficient (Wildman–Crippen LogP) is -6.96. The first-order chi connectivity index (χ1) is 23.1. The first-order valence-electron chi connectivity index (χ1n) is 14.0. The van der Waals surface area contributed by atoms with E-state index >= 15 is 0 Å². The van der Waals surface area contributed by atoms with Crippen molar-refractivity contribution in [3.05, 3.63) is 35.1 Å². The van der Waals surface area contributed by atoms with Crippen LogP contribution in [0.2, 0.25) is 5.28 Å². The molecule has 0 radical (unpaired) electrons. The molecule has 0 unspecified atom stereocenters. The number of ether oxygens (including phenoxy) is 1. The van der Waals surface area contributed by atoms with E-state index in [1.165, 1.54) is 31.4 Å². The molecule has 51 heavy (non-hydrogen) atoms. The molecule has 2 aromatic carbocycles. The van der Waals surface area contributed by atoms with E-state index < -0.39 is 15.6 Å². The van der Waals surface area contributed by atoms with Crippen LogP contribution in [0.4, 0.5) is 34.6 Å². The van der Waals surface area contributed by atoms with Crippen molar-refractivity contribution in [2.45, 2.75) is 16.7 Å². The van der Waals surface area contributed by atoms with Gasteiger partial charge in [-0.25, -0.2) is 8.42 Å². The summed E-state index contributed by atoms with van der Waals surface area (Å²) in [4.78, 5) is 16.1. The Labute approximate surface area is 357 Å². The van der Waals surface area contributed by atoms with Crippen LogP contribution >= 0.6 is 36.0 Å². The molecule has 26 heteroatoms. The van der Waals surface area contributed by atoms with Crippen molar-refractivity contribution < 1.29 is 118 Å². The first kappa shape index (κ1) is 46.5. The Morgan fingerprint density at radius 3 is 2.33 bits per heavy atom. The van der Waals surface area contributed by atoms with Gasteiger partial charge in [0, 0.05) is 31.4 Å². The van der Waals surface area contributed by atoms with E-state index in [-0.39, 0.29) is 134 Å². The normalized spacial score (nSPS) is 18.1. The number of fused-ring (bicyclic) bond motifs is 3. The molecule has 6 rings (SSSR count). The Morgan fingerprint density at radius 1 is 1.02 bits per heavy atom. The largest absolute Gasteiger partial charge is 1.00 e. The molecular formula is C25H29Cl2N9Na2O10S3. The standard InChI is InChI=1S/C25H30ClN9O10S3.ClH.2Na/c1-15-11-19(20(40-2)14-22(15)48(38,39)10-9-41-47-45-43-37)33-32-18-13-21(46-44-42-36)16(27)12-17(18)28-24-29-23(26)30-25(31-24)35-6-3-34(4-7-35)5-8-35;;;/h11-14H,3-10,27H2,1-2H3,(H2-,28,29,30,31,36,37);1H;;/q;;2*+1/p-2. The van der Waals surface area contributed by atoms with Crippen LogP contribution in [0.5, 0.6) is 5.75 Å². The molecule has 3 saturated heterocycles. The fourth-order valence-electron chi connectivity index (χ4n) is 5.25. The van der Waals surface area contributed by atoms with Crippen molar-refractivity contribution >= 4 is 80.5 Å². The van der Waals surface area contributed by atoms with Crippen molar-refractivity contribution in [3.63, 3.8) is 0 Å². The Kier molecular flexibility index (Phi) is 19.5. The second kappa shape index (κ2) is 21.4. The molecule has 4 heterocycles. The fraction of sp³-hybridized carbons (Fsp3) is 0.400. The van der Waals surface area contributed by atoms with Crippen molar-refractivity contribution in [3.8, 4) is 5.75 Å². The average molecular weight is 829 g/mol. The number of anilines is 3. The van der Waals surface area contributed by atoms with Crippen LogP contribution in [0.25, 0.3) is 0 Å². The number of sulfone groups is 1. The summed E-state index contributed by atoms with van der Waals surface area (Å²) in [5.74, 6) is 0.378. The number of piperazine rings is 3. The Morgan fingerprint density at radius 2 is 1.69 bits per heavy atom. The first-order valence-corrected chi connectivity index (χ1v) is 17.4. The monoisotopic (exact) mass is 827 g/mol. The zero-order chi connectivity index (χ0) is 34.3. The third-order valence-corrected chi connectivity index (χ3v) is 10.7. The van der Waals surface area contributed by atoms with Crippen LogP contribution in [0.15, 0.2) is 44.3 Å². The third kappa shape index (κ3) is 11.9. The Balaban J connectivity index is 0.00000300. The molecule has 0 spiro atoms. The van der Waals surface area contributed by atoms with Gasteiger partial charge in [0.25, 0.3) is 0 Å². The third-order valence-electron chi connectivity index (χ3n) is 7.70. The number of azo groups is 1. The zero-order valence-electron chi connectivity index (χ0n) is 27.7. The minimum Gasteiger partial charge on any atom is -1.00 e. The summed E-state index contributed by atoms with van der Waals surface area (Å²) in [6.45, 7) is 6.62. The molecule has 3 aliphatic rings. The summed E-state index contributed by atoms with van der Waals surface area (Å²) in [7, 11) is -2.50. The Bertz CT molecular complexity index is 1750. The van der Waals surface area contributed by atoms with Crippen LogP contribution in [-0.4, -0.2) is 87.0 Å². The van der Waals surface area contributed by atoms with Crippen LogP contribution in [-0.2, 0) is 32.8 Å². The number of quaternary nitrogens is 1. The second-order valence-corrected chi connectivity index (χ2v) is 14.1. The molecule has 0 aliphatic carbocycles. The molecule has 0 atom stereocenters. The minimum atomic E-state index is -3.85. The summed E-state index contributed by atoms with van der Waals surface area (Å²) in [6.07, 6.45) is 0. The fourth-order valence-corrected chi connectivity index (χ4v) is 7.50. The van der Waals surface area contributed by atoms with Gasteiger partial charge < -0.3 is 38.7 Å². The summed E-state index contributed by atoms with van der Waals surface area (Å²) in [5.41, 5.74) is 7.49. The number of aryl methyl sites for hydroxylation is 1. The van der Waals surface area contributed by atoms with Gasteiger partial charge in [0.15, 0.2) is 22.2 Å². The van der Waals surface area contributed by atoms with Crippen molar-refractivity contribution in [2.75, 3.05) is 69.8 Å². The van der Waals surface area contributed by atoms with Crippen LogP contribution in [0, 0.1) is 6.92 Å². The molecule has 3 aromatic rings. The van der Waals surface area contributed by atoms with E-state index in [9.17, 15) is 18.9 Å². The summed E-state index contributed by atoms with van der Waals surface area (Å²) >= 11 is 7.14. The molecule has 2 bridgehead atoms. The quantitative estimate of drug-likeness (QED) is 0.0199. The number of nitrogen functional groups attached to an aromatic ring is 1. The second-order valence-electron chi connectivity index (χ2n) is 10.5. The van der Waals surface area contributed by atoms with Crippen molar-refractivity contribution in [1.29, 1.82) is 0 Å². The maximum atomic E-state index is 13.0. The van der Waals surface area contributed by atoms with E-state index in [1.54, 1.807) is 6.92 Å². The smallest absolute Gasteiger partial charge is 1.00 e. The maximum absolute atomic E-state index is 13.0. The molecule has 3 fully saturated rings. The molecule has 3 N–H and O–H groups in total. The molecule has 0 saturated carbocycles. The number of benzene rings is 2. The molecular weight excluding hydrogens is 799 g/mol. The van der Waals surface area contributed by atoms with Crippen LogP contribution in [0.1, 0.15) is 5.56 Å². The van der Waals surface area contributed by atoms with E-state index in [0.29, 0.717) is 33.7 Å². The van der Waals surface area contributed by atoms with Gasteiger partial charge in [-0.05, 0) is 42.3 Å². The summed E-state index contributed by atoms with van der Waals surface area (Å²) < 4.78 is 45.2. The zero-order valence-corrected chi connectivity index (χ0v) is 35.7. The van der Waals surface area contributed by atoms with Crippen molar-refractivity contribution in [2.24, 2.45) is 10.2 Å². The van der Waals surface area contributed by atoms with Gasteiger partial charge in [0.1, 0.15) is 17.1 Å². The maximum Gasteiger partial charge on any atom is 1.00 e. The van der Waals surface area contributed by atoms with Gasteiger partial charge in [-0.2, -0.15) is 9.32 Å². The predicted molar refractivity (Wildman–Crippen MR) is 170 cm³/mol. The van der Waals surface area contributed by atoms with Crippen molar-refractivity contribution in [1.82, 2.24) is 24.3 Å². The number of nitrogens with one attached hydrogen (secondary N) is 1. The van der Waals surface area contributed by atoms with Gasteiger partial charge >= 0.3 is 65.1 Å². The summed E-state index contributed by atoms with van der Waals surface area (Å²) in [5, 5.41) is 38.8. The van der Waals surface area contributed by atoms with E-state index in [0.717, 1.165) is 39.3 Å². The van der Waals surface area contributed by atoms with E-state index in [2.05, 4.69) is 49.2 Å². The molecule has 19 nitrogen and oxygen atoms in total. The van der Waals surface area contributed by atoms with Gasteiger partial charge in [0.05, 0.1) is 66.6 Å². The SMILES string of the molecule is COc1cc(S(=O)(=O)CCOSOO[O-])c(C)cc1N=Nc1cc(SOO[O-])c(N)cc1Nc1nc(Cl)nc([N+]23CCN(CC2)CC3)n1.[Cl-].[Na+].[Na+]. The molecule has 0 amide bonds.